The Labute approximate surface area is 150 Å². The second-order valence-corrected chi connectivity index (χ2v) is 7.05. The monoisotopic (exact) mass is 341 g/mol. The molecule has 0 spiro atoms. The first-order valence-corrected chi connectivity index (χ1v) is 9.37. The fourth-order valence-electron chi connectivity index (χ4n) is 3.85. The summed E-state index contributed by atoms with van der Waals surface area (Å²) in [7, 11) is 0. The number of likely N-dealkylation sites (tertiary alicyclic amines) is 2. The van der Waals surface area contributed by atoms with Crippen LogP contribution in [0.3, 0.4) is 0 Å². The van der Waals surface area contributed by atoms with Crippen molar-refractivity contribution in [3.05, 3.63) is 29.8 Å². The molecule has 1 amide bonds. The number of rotatable bonds is 4. The predicted molar refractivity (Wildman–Crippen MR) is 96.3 cm³/mol. The van der Waals surface area contributed by atoms with E-state index in [2.05, 4.69) is 11.0 Å². The van der Waals surface area contributed by atoms with Gasteiger partial charge in [0.25, 0.3) is 5.91 Å². The second-order valence-electron chi connectivity index (χ2n) is 7.05. The van der Waals surface area contributed by atoms with Crippen molar-refractivity contribution in [1.29, 1.82) is 5.26 Å². The van der Waals surface area contributed by atoms with Gasteiger partial charge in [0.05, 0.1) is 11.6 Å². The summed E-state index contributed by atoms with van der Waals surface area (Å²) in [5, 5.41) is 8.83. The van der Waals surface area contributed by atoms with Gasteiger partial charge in [-0.3, -0.25) is 4.79 Å². The number of nitrogens with zero attached hydrogens (tertiary/aromatic N) is 3. The molecule has 1 aromatic rings. The zero-order valence-corrected chi connectivity index (χ0v) is 15.0. The zero-order valence-electron chi connectivity index (χ0n) is 15.0. The maximum atomic E-state index is 12.6. The number of carbonyl (C=O) groups excluding carboxylic acids is 1. The van der Waals surface area contributed by atoms with Gasteiger partial charge in [0, 0.05) is 19.1 Å². The van der Waals surface area contributed by atoms with E-state index in [0.717, 1.165) is 25.9 Å². The van der Waals surface area contributed by atoms with Gasteiger partial charge in [-0.1, -0.05) is 6.42 Å². The smallest absolute Gasteiger partial charge is 0.263 e. The van der Waals surface area contributed by atoms with Gasteiger partial charge in [-0.2, -0.15) is 5.26 Å². The van der Waals surface area contributed by atoms with E-state index in [1.165, 1.54) is 32.4 Å². The molecular weight excluding hydrogens is 314 g/mol. The van der Waals surface area contributed by atoms with E-state index in [9.17, 15) is 4.79 Å². The van der Waals surface area contributed by atoms with Crippen LogP contribution in [0, 0.1) is 11.3 Å². The maximum Gasteiger partial charge on any atom is 0.263 e. The molecular formula is C20H27N3O2. The second kappa shape index (κ2) is 8.35. The van der Waals surface area contributed by atoms with Crippen LogP contribution in [0.2, 0.25) is 0 Å². The number of hydrogen-bond donors (Lipinski definition) is 0. The van der Waals surface area contributed by atoms with E-state index in [1.54, 1.807) is 31.2 Å². The summed E-state index contributed by atoms with van der Waals surface area (Å²) in [5.74, 6) is 0.685. The van der Waals surface area contributed by atoms with E-state index in [0.29, 0.717) is 17.4 Å². The summed E-state index contributed by atoms with van der Waals surface area (Å²) in [5.41, 5.74) is 0.589. The van der Waals surface area contributed by atoms with Crippen molar-refractivity contribution in [3.63, 3.8) is 0 Å². The highest BCUT2D eigenvalue weighted by Gasteiger charge is 2.30. The first-order chi connectivity index (χ1) is 12.2. The molecule has 25 heavy (non-hydrogen) atoms. The third-order valence-electron chi connectivity index (χ3n) is 5.33. The lowest BCUT2D eigenvalue weighted by molar-refractivity contribution is -0.139. The highest BCUT2D eigenvalue weighted by atomic mass is 16.5. The Kier molecular flexibility index (Phi) is 5.93. The fourth-order valence-corrected chi connectivity index (χ4v) is 3.85. The molecule has 1 aromatic carbocycles. The standard InChI is InChI=1S/C20H27N3O2/c1-16(25-19-7-5-17(15-21)6-8-19)20(24)23-13-9-18(10-14-23)22-11-3-2-4-12-22/h5-8,16,18H,2-4,9-14H2,1H3/t16-/m0/s1. The number of benzene rings is 1. The van der Waals surface area contributed by atoms with Crippen LogP contribution < -0.4 is 4.74 Å². The first-order valence-electron chi connectivity index (χ1n) is 9.37. The molecule has 134 valence electrons. The minimum absolute atomic E-state index is 0.0569. The third-order valence-corrected chi connectivity index (χ3v) is 5.33. The van der Waals surface area contributed by atoms with Crippen LogP contribution >= 0.6 is 0 Å². The molecule has 0 radical (unpaired) electrons. The topological polar surface area (TPSA) is 56.6 Å². The number of amides is 1. The summed E-state index contributed by atoms with van der Waals surface area (Å²) >= 11 is 0. The zero-order chi connectivity index (χ0) is 17.6. The molecule has 0 aromatic heterocycles. The molecule has 0 N–H and O–H groups in total. The molecule has 0 bridgehead atoms. The number of ether oxygens (including phenoxy) is 1. The predicted octanol–water partition coefficient (Wildman–Crippen LogP) is 2.80. The van der Waals surface area contributed by atoms with Crippen LogP contribution in [0.25, 0.3) is 0 Å². The van der Waals surface area contributed by atoms with Gasteiger partial charge in [-0.15, -0.1) is 0 Å². The molecule has 0 aliphatic carbocycles. The van der Waals surface area contributed by atoms with E-state index in [1.807, 2.05) is 4.90 Å². The number of hydrogen-bond acceptors (Lipinski definition) is 4. The summed E-state index contributed by atoms with van der Waals surface area (Å²) in [6.45, 7) is 5.88. The SMILES string of the molecule is C[C@H](Oc1ccc(C#N)cc1)C(=O)N1CCC(N2CCCCC2)CC1. The van der Waals surface area contributed by atoms with Gasteiger partial charge in [-0.05, 0) is 70.0 Å². The molecule has 2 fully saturated rings. The van der Waals surface area contributed by atoms with Crippen LogP contribution in [-0.2, 0) is 4.79 Å². The van der Waals surface area contributed by atoms with Crippen LogP contribution in [-0.4, -0.2) is 54.0 Å². The average molecular weight is 341 g/mol. The lowest BCUT2D eigenvalue weighted by Crippen LogP contribution is -2.50. The van der Waals surface area contributed by atoms with E-state index < -0.39 is 6.10 Å². The number of piperidine rings is 2. The summed E-state index contributed by atoms with van der Waals surface area (Å²) in [4.78, 5) is 17.2. The molecule has 0 saturated carbocycles. The van der Waals surface area contributed by atoms with Gasteiger partial charge in [0.1, 0.15) is 5.75 Å². The Morgan fingerprint density at radius 2 is 1.76 bits per heavy atom. The van der Waals surface area contributed by atoms with Gasteiger partial charge in [0.15, 0.2) is 6.10 Å². The molecule has 2 aliphatic rings. The normalized spacial score (nSPS) is 20.7. The average Bonchev–Trinajstić information content (AvgIpc) is 2.69. The van der Waals surface area contributed by atoms with Crippen molar-refractivity contribution in [2.75, 3.05) is 26.2 Å². The molecule has 3 rings (SSSR count). The highest BCUT2D eigenvalue weighted by Crippen LogP contribution is 2.22. The fraction of sp³-hybridized carbons (Fsp3) is 0.600. The highest BCUT2D eigenvalue weighted by molar-refractivity contribution is 5.81. The number of carbonyl (C=O) groups is 1. The van der Waals surface area contributed by atoms with E-state index >= 15 is 0 Å². The number of nitriles is 1. The Hall–Kier alpha value is -2.06. The molecule has 2 heterocycles. The van der Waals surface area contributed by atoms with Crippen molar-refractivity contribution in [2.24, 2.45) is 0 Å². The lowest BCUT2D eigenvalue weighted by Gasteiger charge is -2.40. The van der Waals surface area contributed by atoms with Gasteiger partial charge in [-0.25, -0.2) is 0 Å². The lowest BCUT2D eigenvalue weighted by atomic mass is 9.99. The van der Waals surface area contributed by atoms with Crippen LogP contribution in [0.15, 0.2) is 24.3 Å². The van der Waals surface area contributed by atoms with Crippen LogP contribution in [0.1, 0.15) is 44.6 Å². The van der Waals surface area contributed by atoms with E-state index in [4.69, 9.17) is 10.00 Å². The molecule has 2 aliphatic heterocycles. The van der Waals surface area contributed by atoms with Crippen LogP contribution in [0.5, 0.6) is 5.75 Å². The quantitative estimate of drug-likeness (QED) is 0.845. The summed E-state index contributed by atoms with van der Waals surface area (Å²) < 4.78 is 5.76. The minimum Gasteiger partial charge on any atom is -0.481 e. The summed E-state index contributed by atoms with van der Waals surface area (Å²) in [6, 6.07) is 9.61. The first kappa shape index (κ1) is 17.8. The molecule has 1 atom stereocenters. The van der Waals surface area contributed by atoms with Crippen LogP contribution in [0.4, 0.5) is 0 Å². The Morgan fingerprint density at radius 1 is 1.12 bits per heavy atom. The molecule has 5 heteroatoms. The molecule has 2 saturated heterocycles. The Balaban J connectivity index is 1.48. The summed E-state index contributed by atoms with van der Waals surface area (Å²) in [6.07, 6.45) is 5.62. The van der Waals surface area contributed by atoms with Crippen molar-refractivity contribution >= 4 is 5.91 Å². The van der Waals surface area contributed by atoms with Gasteiger partial charge >= 0.3 is 0 Å². The largest absolute Gasteiger partial charge is 0.481 e. The van der Waals surface area contributed by atoms with Crippen molar-refractivity contribution in [3.8, 4) is 11.8 Å². The van der Waals surface area contributed by atoms with Crippen molar-refractivity contribution in [2.45, 2.75) is 51.2 Å². The minimum atomic E-state index is -0.500. The van der Waals surface area contributed by atoms with Gasteiger partial charge in [0.2, 0.25) is 0 Å². The van der Waals surface area contributed by atoms with Gasteiger partial charge < -0.3 is 14.5 Å². The van der Waals surface area contributed by atoms with Crippen molar-refractivity contribution in [1.82, 2.24) is 9.80 Å². The third kappa shape index (κ3) is 4.52. The maximum absolute atomic E-state index is 12.6. The molecule has 5 nitrogen and oxygen atoms in total. The molecule has 0 unspecified atom stereocenters. The van der Waals surface area contributed by atoms with Crippen molar-refractivity contribution < 1.29 is 9.53 Å². The Bertz CT molecular complexity index is 609. The Morgan fingerprint density at radius 3 is 2.36 bits per heavy atom. The van der Waals surface area contributed by atoms with E-state index in [-0.39, 0.29) is 5.91 Å².